The van der Waals surface area contributed by atoms with Crippen LogP contribution in [0.4, 0.5) is 18.9 Å². The number of nitro groups is 1. The van der Waals surface area contributed by atoms with Gasteiger partial charge in [0.25, 0.3) is 5.69 Å². The Balaban J connectivity index is 2.58. The number of alkyl halides is 4. The van der Waals surface area contributed by atoms with Crippen LogP contribution in [0.5, 0.6) is 0 Å². The van der Waals surface area contributed by atoms with Crippen molar-refractivity contribution in [2.45, 2.75) is 11.5 Å². The van der Waals surface area contributed by atoms with E-state index < -0.39 is 22.4 Å². The van der Waals surface area contributed by atoms with Gasteiger partial charge in [0.05, 0.1) is 16.2 Å². The Labute approximate surface area is 125 Å². The number of hydrogen-bond donors (Lipinski definition) is 0. The molecule has 2 rings (SSSR count). The average molecular weight is 361 g/mol. The Morgan fingerprint density at radius 1 is 1.24 bits per heavy atom. The van der Waals surface area contributed by atoms with E-state index in [1.165, 1.54) is 12.3 Å². The van der Waals surface area contributed by atoms with Gasteiger partial charge in [-0.05, 0) is 17.7 Å². The van der Waals surface area contributed by atoms with E-state index in [1.807, 2.05) is 0 Å². The predicted molar refractivity (Wildman–Crippen MR) is 74.0 cm³/mol. The molecular formula is C13H8BrF3N2O2. The van der Waals surface area contributed by atoms with Crippen LogP contribution in [0.25, 0.3) is 11.3 Å². The van der Waals surface area contributed by atoms with Crippen molar-refractivity contribution in [3.63, 3.8) is 0 Å². The number of nitro benzene ring substituents is 1. The molecule has 0 saturated carbocycles. The van der Waals surface area contributed by atoms with Crippen LogP contribution in [-0.2, 0) is 11.5 Å². The Kier molecular flexibility index (Phi) is 4.26. The third-order valence-corrected chi connectivity index (χ3v) is 3.42. The minimum atomic E-state index is -4.70. The molecule has 0 amide bonds. The van der Waals surface area contributed by atoms with Gasteiger partial charge >= 0.3 is 6.18 Å². The first kappa shape index (κ1) is 15.4. The monoisotopic (exact) mass is 360 g/mol. The fraction of sp³-hybridized carbons (Fsp3) is 0.154. The second-order valence-electron chi connectivity index (χ2n) is 4.17. The van der Waals surface area contributed by atoms with Gasteiger partial charge in [0.2, 0.25) is 0 Å². The standard InChI is InChI=1S/C13H8BrF3N2O2/c14-6-8-1-4-12(18-7-8)10-3-2-9(19(20)21)5-11(10)13(15,16)17/h1-5,7H,6H2. The molecule has 1 heterocycles. The minimum absolute atomic E-state index is 0.113. The number of aromatic nitrogens is 1. The fourth-order valence-corrected chi connectivity index (χ4v) is 2.10. The van der Waals surface area contributed by atoms with E-state index in [2.05, 4.69) is 20.9 Å². The highest BCUT2D eigenvalue weighted by atomic mass is 79.9. The molecule has 0 bridgehead atoms. The summed E-state index contributed by atoms with van der Waals surface area (Å²) in [7, 11) is 0. The molecule has 0 radical (unpaired) electrons. The number of non-ortho nitro benzene ring substituents is 1. The van der Waals surface area contributed by atoms with Gasteiger partial charge in [-0.1, -0.05) is 22.0 Å². The zero-order valence-electron chi connectivity index (χ0n) is 10.4. The van der Waals surface area contributed by atoms with Crippen LogP contribution < -0.4 is 0 Å². The van der Waals surface area contributed by atoms with E-state index in [4.69, 9.17) is 0 Å². The zero-order chi connectivity index (χ0) is 15.6. The minimum Gasteiger partial charge on any atom is -0.258 e. The normalized spacial score (nSPS) is 11.4. The van der Waals surface area contributed by atoms with Gasteiger partial charge in [-0.3, -0.25) is 15.1 Å². The number of pyridine rings is 1. The highest BCUT2D eigenvalue weighted by molar-refractivity contribution is 9.08. The summed E-state index contributed by atoms with van der Waals surface area (Å²) in [5.41, 5.74) is -0.940. The molecule has 0 N–H and O–H groups in total. The van der Waals surface area contributed by atoms with Crippen molar-refractivity contribution in [1.29, 1.82) is 0 Å². The summed E-state index contributed by atoms with van der Waals surface area (Å²) in [5.74, 6) is 0. The summed E-state index contributed by atoms with van der Waals surface area (Å²) in [6, 6.07) is 5.71. The first-order chi connectivity index (χ1) is 9.82. The van der Waals surface area contributed by atoms with E-state index in [-0.39, 0.29) is 11.3 Å². The lowest BCUT2D eigenvalue weighted by Gasteiger charge is -2.12. The van der Waals surface area contributed by atoms with E-state index in [0.29, 0.717) is 11.4 Å². The molecule has 1 aromatic heterocycles. The molecule has 0 fully saturated rings. The van der Waals surface area contributed by atoms with Crippen molar-refractivity contribution < 1.29 is 18.1 Å². The van der Waals surface area contributed by atoms with Gasteiger partial charge in [0.1, 0.15) is 0 Å². The van der Waals surface area contributed by atoms with Crippen LogP contribution >= 0.6 is 15.9 Å². The summed E-state index contributed by atoms with van der Waals surface area (Å²) in [4.78, 5) is 13.7. The molecule has 0 spiro atoms. The first-order valence-corrected chi connectivity index (χ1v) is 6.82. The SMILES string of the molecule is O=[N+]([O-])c1ccc(-c2ccc(CBr)cn2)c(C(F)(F)F)c1. The van der Waals surface area contributed by atoms with Crippen LogP contribution in [0.2, 0.25) is 0 Å². The molecule has 0 atom stereocenters. The van der Waals surface area contributed by atoms with Crippen molar-refractivity contribution in [2.24, 2.45) is 0 Å². The van der Waals surface area contributed by atoms with Crippen molar-refractivity contribution >= 4 is 21.6 Å². The lowest BCUT2D eigenvalue weighted by atomic mass is 10.0. The first-order valence-electron chi connectivity index (χ1n) is 5.70. The molecule has 2 aromatic rings. The third kappa shape index (κ3) is 3.38. The summed E-state index contributed by atoms with van der Waals surface area (Å²) in [6.07, 6.45) is -3.25. The summed E-state index contributed by atoms with van der Waals surface area (Å²) >= 11 is 3.22. The van der Waals surface area contributed by atoms with Gasteiger partial charge in [-0.25, -0.2) is 0 Å². The highest BCUT2D eigenvalue weighted by Crippen LogP contribution is 2.38. The largest absolute Gasteiger partial charge is 0.417 e. The third-order valence-electron chi connectivity index (χ3n) is 2.77. The van der Waals surface area contributed by atoms with Crippen LogP contribution in [0.15, 0.2) is 36.5 Å². The highest BCUT2D eigenvalue weighted by Gasteiger charge is 2.35. The Bertz CT molecular complexity index is 672. The second-order valence-corrected chi connectivity index (χ2v) is 4.73. The van der Waals surface area contributed by atoms with Crippen LogP contribution in [0.3, 0.4) is 0 Å². The number of benzene rings is 1. The lowest BCUT2D eigenvalue weighted by molar-refractivity contribution is -0.385. The zero-order valence-corrected chi connectivity index (χ0v) is 12.0. The van der Waals surface area contributed by atoms with E-state index in [1.54, 1.807) is 6.07 Å². The molecular weight excluding hydrogens is 353 g/mol. The Morgan fingerprint density at radius 2 is 1.95 bits per heavy atom. The fourth-order valence-electron chi connectivity index (χ4n) is 1.77. The molecule has 110 valence electrons. The molecule has 0 saturated heterocycles. The maximum atomic E-state index is 13.1. The Hall–Kier alpha value is -1.96. The van der Waals surface area contributed by atoms with Gasteiger partial charge in [-0.2, -0.15) is 13.2 Å². The van der Waals surface area contributed by atoms with Crippen molar-refractivity contribution in [3.05, 3.63) is 57.8 Å². The molecule has 0 unspecified atom stereocenters. The molecule has 0 aliphatic carbocycles. The molecule has 0 aliphatic rings. The average Bonchev–Trinajstić information content (AvgIpc) is 2.46. The molecule has 0 aliphatic heterocycles. The van der Waals surface area contributed by atoms with Crippen LogP contribution in [0, 0.1) is 10.1 Å². The summed E-state index contributed by atoms with van der Waals surface area (Å²) in [6.45, 7) is 0. The number of nitrogens with zero attached hydrogens (tertiary/aromatic N) is 2. The van der Waals surface area contributed by atoms with Crippen molar-refractivity contribution in [2.75, 3.05) is 0 Å². The maximum Gasteiger partial charge on any atom is 0.417 e. The number of rotatable bonds is 3. The van der Waals surface area contributed by atoms with E-state index >= 15 is 0 Å². The van der Waals surface area contributed by atoms with Crippen LogP contribution in [-0.4, -0.2) is 9.91 Å². The van der Waals surface area contributed by atoms with Crippen molar-refractivity contribution in [1.82, 2.24) is 4.98 Å². The van der Waals surface area contributed by atoms with Gasteiger partial charge in [0.15, 0.2) is 0 Å². The Morgan fingerprint density at radius 3 is 2.43 bits per heavy atom. The molecule has 4 nitrogen and oxygen atoms in total. The van der Waals surface area contributed by atoms with E-state index in [9.17, 15) is 23.3 Å². The quantitative estimate of drug-likeness (QED) is 0.457. The summed E-state index contributed by atoms with van der Waals surface area (Å²) in [5, 5.41) is 11.2. The predicted octanol–water partition coefficient (Wildman–Crippen LogP) is 4.57. The molecule has 8 heteroatoms. The van der Waals surface area contributed by atoms with Gasteiger partial charge < -0.3 is 0 Å². The summed E-state index contributed by atoms with van der Waals surface area (Å²) < 4.78 is 39.2. The topological polar surface area (TPSA) is 56.0 Å². The second kappa shape index (κ2) is 5.80. The number of hydrogen-bond acceptors (Lipinski definition) is 3. The molecule has 21 heavy (non-hydrogen) atoms. The lowest BCUT2D eigenvalue weighted by Crippen LogP contribution is -2.08. The van der Waals surface area contributed by atoms with Crippen LogP contribution in [0.1, 0.15) is 11.1 Å². The number of halogens is 4. The van der Waals surface area contributed by atoms with E-state index in [0.717, 1.165) is 17.7 Å². The maximum absolute atomic E-state index is 13.1. The molecule has 1 aromatic carbocycles. The van der Waals surface area contributed by atoms with Crippen molar-refractivity contribution in [3.8, 4) is 11.3 Å². The van der Waals surface area contributed by atoms with Gasteiger partial charge in [-0.15, -0.1) is 0 Å². The van der Waals surface area contributed by atoms with Gasteiger partial charge in [0, 0.05) is 29.2 Å². The smallest absolute Gasteiger partial charge is 0.258 e.